The molecule has 1 aliphatic carbocycles. The molecule has 0 aliphatic heterocycles. The fourth-order valence-electron chi connectivity index (χ4n) is 2.06. The molecule has 3 nitrogen and oxygen atoms in total. The first-order valence-corrected chi connectivity index (χ1v) is 5.13. The van der Waals surface area contributed by atoms with Crippen LogP contribution in [-0.2, 0) is 5.54 Å². The van der Waals surface area contributed by atoms with Crippen LogP contribution < -0.4 is 15.2 Å². The van der Waals surface area contributed by atoms with Crippen molar-refractivity contribution in [1.82, 2.24) is 0 Å². The van der Waals surface area contributed by atoms with Crippen LogP contribution in [0.1, 0.15) is 24.0 Å². The molecule has 0 atom stereocenters. The number of nitrogens with two attached hydrogens (primary N) is 1. The highest BCUT2D eigenvalue weighted by Gasteiger charge is 2.43. The minimum Gasteiger partial charge on any atom is -0.496 e. The Morgan fingerprint density at radius 1 is 1.13 bits per heavy atom. The van der Waals surface area contributed by atoms with Crippen LogP contribution in [0.3, 0.4) is 0 Å². The van der Waals surface area contributed by atoms with Crippen molar-refractivity contribution < 1.29 is 9.47 Å². The zero-order chi connectivity index (χ0) is 11.1. The smallest absolute Gasteiger partial charge is 0.124 e. The van der Waals surface area contributed by atoms with Crippen LogP contribution in [0.15, 0.2) is 12.1 Å². The van der Waals surface area contributed by atoms with Crippen LogP contribution in [0, 0.1) is 6.92 Å². The monoisotopic (exact) mass is 207 g/mol. The predicted molar refractivity (Wildman–Crippen MR) is 59.4 cm³/mol. The zero-order valence-corrected chi connectivity index (χ0v) is 9.46. The molecule has 15 heavy (non-hydrogen) atoms. The molecule has 0 bridgehead atoms. The molecule has 1 aromatic rings. The summed E-state index contributed by atoms with van der Waals surface area (Å²) in [6.07, 6.45) is 2.05. The quantitative estimate of drug-likeness (QED) is 0.824. The Kier molecular flexibility index (Phi) is 2.35. The summed E-state index contributed by atoms with van der Waals surface area (Å²) in [6, 6.07) is 3.84. The van der Waals surface area contributed by atoms with Gasteiger partial charge in [-0.1, -0.05) is 0 Å². The van der Waals surface area contributed by atoms with Gasteiger partial charge in [0.1, 0.15) is 11.5 Å². The molecule has 0 saturated heterocycles. The lowest BCUT2D eigenvalue weighted by Crippen LogP contribution is -2.21. The molecule has 0 radical (unpaired) electrons. The van der Waals surface area contributed by atoms with Crippen molar-refractivity contribution in [2.75, 3.05) is 14.2 Å². The highest BCUT2D eigenvalue weighted by molar-refractivity contribution is 5.53. The van der Waals surface area contributed by atoms with Crippen molar-refractivity contribution in [2.45, 2.75) is 25.3 Å². The second-order valence-electron chi connectivity index (χ2n) is 4.13. The molecule has 1 saturated carbocycles. The highest BCUT2D eigenvalue weighted by Crippen LogP contribution is 2.49. The molecule has 0 heterocycles. The Bertz CT molecular complexity index is 383. The number of hydrogen-bond acceptors (Lipinski definition) is 3. The summed E-state index contributed by atoms with van der Waals surface area (Å²) < 4.78 is 10.7. The maximum absolute atomic E-state index is 6.23. The summed E-state index contributed by atoms with van der Waals surface area (Å²) in [4.78, 5) is 0. The molecule has 1 fully saturated rings. The van der Waals surface area contributed by atoms with Crippen LogP contribution in [0.2, 0.25) is 0 Å². The topological polar surface area (TPSA) is 44.5 Å². The number of methoxy groups -OCH3 is 2. The number of benzene rings is 1. The van der Waals surface area contributed by atoms with Gasteiger partial charge in [-0.25, -0.2) is 0 Å². The van der Waals surface area contributed by atoms with Crippen LogP contribution in [-0.4, -0.2) is 14.2 Å². The summed E-state index contributed by atoms with van der Waals surface area (Å²) in [7, 11) is 3.35. The van der Waals surface area contributed by atoms with E-state index in [0.29, 0.717) is 0 Å². The Balaban J connectivity index is 2.56. The van der Waals surface area contributed by atoms with E-state index in [2.05, 4.69) is 0 Å². The lowest BCUT2D eigenvalue weighted by atomic mass is 9.98. The van der Waals surface area contributed by atoms with E-state index in [1.807, 2.05) is 19.1 Å². The normalized spacial score (nSPS) is 17.3. The largest absolute Gasteiger partial charge is 0.496 e. The number of hydrogen-bond donors (Lipinski definition) is 1. The molecule has 0 spiro atoms. The second-order valence-corrected chi connectivity index (χ2v) is 4.13. The van der Waals surface area contributed by atoms with Crippen LogP contribution in [0.5, 0.6) is 11.5 Å². The van der Waals surface area contributed by atoms with Crippen molar-refractivity contribution >= 4 is 0 Å². The van der Waals surface area contributed by atoms with Crippen molar-refractivity contribution in [3.63, 3.8) is 0 Å². The Labute approximate surface area is 90.2 Å². The first kappa shape index (κ1) is 10.3. The van der Waals surface area contributed by atoms with Gasteiger partial charge in [-0.3, -0.25) is 0 Å². The maximum atomic E-state index is 6.23. The molecule has 2 rings (SSSR count). The first-order valence-electron chi connectivity index (χ1n) is 5.13. The Morgan fingerprint density at radius 2 is 1.67 bits per heavy atom. The molecule has 0 unspecified atom stereocenters. The average Bonchev–Trinajstić information content (AvgIpc) is 2.96. The molecule has 0 aromatic heterocycles. The van der Waals surface area contributed by atoms with Gasteiger partial charge in [0.25, 0.3) is 0 Å². The minimum absolute atomic E-state index is 0.191. The standard InChI is InChI=1S/C12H17NO2/c1-8-9(14-2)4-5-10(15-3)11(8)12(13)6-7-12/h4-5H,6-7,13H2,1-3H3. The van der Waals surface area contributed by atoms with Gasteiger partial charge < -0.3 is 15.2 Å². The molecule has 1 aliphatic rings. The Hall–Kier alpha value is -1.22. The van der Waals surface area contributed by atoms with Crippen molar-refractivity contribution in [3.05, 3.63) is 23.3 Å². The van der Waals surface area contributed by atoms with Gasteiger partial charge in [-0.05, 0) is 37.5 Å². The minimum atomic E-state index is -0.191. The highest BCUT2D eigenvalue weighted by atomic mass is 16.5. The van der Waals surface area contributed by atoms with E-state index >= 15 is 0 Å². The van der Waals surface area contributed by atoms with Crippen LogP contribution in [0.4, 0.5) is 0 Å². The average molecular weight is 207 g/mol. The fourth-order valence-corrected chi connectivity index (χ4v) is 2.06. The van der Waals surface area contributed by atoms with E-state index in [4.69, 9.17) is 15.2 Å². The van der Waals surface area contributed by atoms with Crippen LogP contribution in [0.25, 0.3) is 0 Å². The summed E-state index contributed by atoms with van der Waals surface area (Å²) in [5.41, 5.74) is 8.24. The van der Waals surface area contributed by atoms with Gasteiger partial charge in [-0.15, -0.1) is 0 Å². The van der Waals surface area contributed by atoms with Gasteiger partial charge in [0.2, 0.25) is 0 Å². The van der Waals surface area contributed by atoms with Crippen molar-refractivity contribution in [2.24, 2.45) is 5.73 Å². The van der Waals surface area contributed by atoms with Gasteiger partial charge in [0.15, 0.2) is 0 Å². The molecule has 1 aromatic carbocycles. The maximum Gasteiger partial charge on any atom is 0.124 e. The third-order valence-corrected chi connectivity index (χ3v) is 3.10. The molecule has 2 N–H and O–H groups in total. The molecular weight excluding hydrogens is 190 g/mol. The van der Waals surface area contributed by atoms with E-state index in [1.54, 1.807) is 14.2 Å². The zero-order valence-electron chi connectivity index (χ0n) is 9.46. The van der Waals surface area contributed by atoms with E-state index in [0.717, 1.165) is 35.5 Å². The predicted octanol–water partition coefficient (Wildman–Crippen LogP) is 1.96. The van der Waals surface area contributed by atoms with Crippen molar-refractivity contribution in [1.29, 1.82) is 0 Å². The lowest BCUT2D eigenvalue weighted by molar-refractivity contribution is 0.391. The second kappa shape index (κ2) is 3.42. The van der Waals surface area contributed by atoms with E-state index in [1.165, 1.54) is 0 Å². The van der Waals surface area contributed by atoms with E-state index in [9.17, 15) is 0 Å². The molecular formula is C12H17NO2. The molecule has 0 amide bonds. The fraction of sp³-hybridized carbons (Fsp3) is 0.500. The lowest BCUT2D eigenvalue weighted by Gasteiger charge is -2.19. The first-order chi connectivity index (χ1) is 7.12. The van der Waals surface area contributed by atoms with Gasteiger partial charge >= 0.3 is 0 Å². The van der Waals surface area contributed by atoms with Gasteiger partial charge in [-0.2, -0.15) is 0 Å². The van der Waals surface area contributed by atoms with Gasteiger partial charge in [0, 0.05) is 11.1 Å². The van der Waals surface area contributed by atoms with Gasteiger partial charge in [0.05, 0.1) is 14.2 Å². The number of ether oxygens (including phenoxy) is 2. The number of rotatable bonds is 3. The van der Waals surface area contributed by atoms with Crippen molar-refractivity contribution in [3.8, 4) is 11.5 Å². The molecule has 82 valence electrons. The third kappa shape index (κ3) is 1.57. The van der Waals surface area contributed by atoms with E-state index < -0.39 is 0 Å². The summed E-state index contributed by atoms with van der Waals surface area (Å²) in [6.45, 7) is 2.03. The summed E-state index contributed by atoms with van der Waals surface area (Å²) >= 11 is 0. The van der Waals surface area contributed by atoms with Crippen LogP contribution >= 0.6 is 0 Å². The SMILES string of the molecule is COc1ccc(OC)c(C2(N)CC2)c1C. The summed E-state index contributed by atoms with van der Waals surface area (Å²) in [5.74, 6) is 1.75. The Morgan fingerprint density at radius 3 is 2.13 bits per heavy atom. The van der Waals surface area contributed by atoms with E-state index in [-0.39, 0.29) is 5.54 Å². The third-order valence-electron chi connectivity index (χ3n) is 3.10. The molecule has 3 heteroatoms. The summed E-state index contributed by atoms with van der Waals surface area (Å²) in [5, 5.41) is 0.